The lowest BCUT2D eigenvalue weighted by molar-refractivity contribution is -0.118. The fraction of sp³-hybridized carbons (Fsp3) is 0.474. The summed E-state index contributed by atoms with van der Waals surface area (Å²) >= 11 is 0. The maximum absolute atomic E-state index is 14.5. The van der Waals surface area contributed by atoms with Gasteiger partial charge in [-0.3, -0.25) is 4.79 Å². The van der Waals surface area contributed by atoms with Crippen molar-refractivity contribution in [1.29, 1.82) is 0 Å². The van der Waals surface area contributed by atoms with E-state index in [0.717, 1.165) is 43.7 Å². The van der Waals surface area contributed by atoms with Crippen LogP contribution >= 0.6 is 12.4 Å². The first-order valence-corrected chi connectivity index (χ1v) is 8.83. The van der Waals surface area contributed by atoms with Gasteiger partial charge in [-0.25, -0.2) is 9.07 Å². The monoisotopic (exact) mass is 378 g/mol. The molecular weight excluding hydrogens is 355 g/mol. The molecule has 2 aromatic rings. The number of hydrogen-bond donors (Lipinski definition) is 2. The van der Waals surface area contributed by atoms with Gasteiger partial charge in [-0.15, -0.1) is 12.4 Å². The molecule has 2 heterocycles. The van der Waals surface area contributed by atoms with Gasteiger partial charge >= 0.3 is 0 Å². The predicted octanol–water partition coefficient (Wildman–Crippen LogP) is 3.38. The Morgan fingerprint density at radius 1 is 1.31 bits per heavy atom. The lowest BCUT2D eigenvalue weighted by Gasteiger charge is -2.23. The number of nitrogens with zero attached hydrogens (tertiary/aromatic N) is 2. The van der Waals surface area contributed by atoms with Crippen LogP contribution < -0.4 is 10.6 Å². The molecule has 2 fully saturated rings. The van der Waals surface area contributed by atoms with Crippen LogP contribution in [0, 0.1) is 31.0 Å². The highest BCUT2D eigenvalue weighted by atomic mass is 35.5. The van der Waals surface area contributed by atoms with E-state index in [9.17, 15) is 9.18 Å². The summed E-state index contributed by atoms with van der Waals surface area (Å²) in [5, 5.41) is 10.5. The molecule has 1 unspecified atom stereocenters. The van der Waals surface area contributed by atoms with E-state index >= 15 is 0 Å². The lowest BCUT2D eigenvalue weighted by atomic mass is 9.92. The van der Waals surface area contributed by atoms with E-state index in [1.54, 1.807) is 16.8 Å². The van der Waals surface area contributed by atoms with Crippen LogP contribution in [0.1, 0.15) is 30.7 Å². The van der Waals surface area contributed by atoms with E-state index < -0.39 is 5.82 Å². The molecule has 5 nitrogen and oxygen atoms in total. The SMILES string of the molecule is Cc1cc(C)n(-c2ccc(NC(=O)C3CC34CCNCC4)cc2F)n1.Cl. The van der Waals surface area contributed by atoms with Gasteiger partial charge in [0.15, 0.2) is 5.82 Å². The zero-order valence-corrected chi connectivity index (χ0v) is 15.8. The molecule has 0 bridgehead atoms. The highest BCUT2D eigenvalue weighted by Crippen LogP contribution is 2.58. The van der Waals surface area contributed by atoms with E-state index in [1.165, 1.54) is 6.07 Å². The summed E-state index contributed by atoms with van der Waals surface area (Å²) < 4.78 is 16.1. The second kappa shape index (κ2) is 7.00. The Morgan fingerprint density at radius 2 is 2.04 bits per heavy atom. The third kappa shape index (κ3) is 3.35. The summed E-state index contributed by atoms with van der Waals surface area (Å²) in [6.07, 6.45) is 3.06. The van der Waals surface area contributed by atoms with Gasteiger partial charge in [-0.2, -0.15) is 5.10 Å². The summed E-state index contributed by atoms with van der Waals surface area (Å²) in [6, 6.07) is 6.68. The van der Waals surface area contributed by atoms with Crippen LogP contribution in [0.4, 0.5) is 10.1 Å². The summed E-state index contributed by atoms with van der Waals surface area (Å²) in [4.78, 5) is 12.5. The number of aryl methyl sites for hydroxylation is 2. The summed E-state index contributed by atoms with van der Waals surface area (Å²) in [6.45, 7) is 5.73. The number of hydrogen-bond acceptors (Lipinski definition) is 3. The molecule has 140 valence electrons. The topological polar surface area (TPSA) is 59.0 Å². The molecule has 1 saturated carbocycles. The molecule has 0 radical (unpaired) electrons. The second-order valence-corrected chi connectivity index (χ2v) is 7.36. The Hall–Kier alpha value is -1.92. The van der Waals surface area contributed by atoms with Crippen LogP contribution in [-0.4, -0.2) is 28.8 Å². The minimum atomic E-state index is -0.392. The van der Waals surface area contributed by atoms with Gasteiger partial charge in [0, 0.05) is 17.3 Å². The van der Waals surface area contributed by atoms with Crippen LogP contribution in [0.15, 0.2) is 24.3 Å². The van der Waals surface area contributed by atoms with Crippen molar-refractivity contribution in [2.75, 3.05) is 18.4 Å². The van der Waals surface area contributed by atoms with Gasteiger partial charge in [0.25, 0.3) is 0 Å². The number of benzene rings is 1. The highest BCUT2D eigenvalue weighted by molar-refractivity contribution is 5.95. The number of piperidine rings is 1. The molecule has 1 spiro atoms. The van der Waals surface area contributed by atoms with E-state index in [4.69, 9.17) is 0 Å². The fourth-order valence-corrected chi connectivity index (χ4v) is 4.05. The van der Waals surface area contributed by atoms with Gasteiger partial charge in [0.05, 0.1) is 5.69 Å². The van der Waals surface area contributed by atoms with E-state index in [0.29, 0.717) is 11.4 Å². The Labute approximate surface area is 158 Å². The third-order valence-corrected chi connectivity index (χ3v) is 5.56. The maximum atomic E-state index is 14.5. The first-order chi connectivity index (χ1) is 12.0. The molecule has 1 aromatic carbocycles. The van der Waals surface area contributed by atoms with Crippen molar-refractivity contribution in [3.05, 3.63) is 41.5 Å². The summed E-state index contributed by atoms with van der Waals surface area (Å²) in [5.41, 5.74) is 2.79. The van der Waals surface area contributed by atoms with E-state index in [1.807, 2.05) is 19.9 Å². The van der Waals surface area contributed by atoms with Crippen LogP contribution in [-0.2, 0) is 4.79 Å². The minimum absolute atomic E-state index is 0. The normalized spacial score (nSPS) is 20.5. The summed E-state index contributed by atoms with van der Waals surface area (Å²) in [7, 11) is 0. The molecule has 2 aliphatic rings. The molecule has 2 N–H and O–H groups in total. The Balaban J connectivity index is 0.00000196. The minimum Gasteiger partial charge on any atom is -0.326 e. The van der Waals surface area contributed by atoms with Crippen molar-refractivity contribution in [3.63, 3.8) is 0 Å². The zero-order chi connectivity index (χ0) is 17.6. The predicted molar refractivity (Wildman–Crippen MR) is 102 cm³/mol. The van der Waals surface area contributed by atoms with Crippen LogP contribution in [0.5, 0.6) is 0 Å². The molecule has 1 atom stereocenters. The number of carbonyl (C=O) groups excluding carboxylic acids is 1. The number of nitrogens with one attached hydrogen (secondary N) is 2. The number of anilines is 1. The van der Waals surface area contributed by atoms with Gasteiger partial charge in [-0.05, 0) is 75.9 Å². The molecular formula is C19H24ClFN4O. The summed E-state index contributed by atoms with van der Waals surface area (Å²) in [5.74, 6) is -0.315. The number of amides is 1. The third-order valence-electron chi connectivity index (χ3n) is 5.56. The molecule has 1 amide bonds. The van der Waals surface area contributed by atoms with Crippen molar-refractivity contribution < 1.29 is 9.18 Å². The Morgan fingerprint density at radius 3 is 2.65 bits per heavy atom. The molecule has 26 heavy (non-hydrogen) atoms. The number of rotatable bonds is 3. The van der Waals surface area contributed by atoms with Crippen molar-refractivity contribution in [3.8, 4) is 5.69 Å². The molecule has 1 saturated heterocycles. The lowest BCUT2D eigenvalue weighted by Crippen LogP contribution is -2.31. The average molecular weight is 379 g/mol. The van der Waals surface area contributed by atoms with Gasteiger partial charge in [0.2, 0.25) is 5.91 Å². The molecule has 4 rings (SSSR count). The van der Waals surface area contributed by atoms with Crippen LogP contribution in [0.2, 0.25) is 0 Å². The molecule has 7 heteroatoms. The zero-order valence-electron chi connectivity index (χ0n) is 15.0. The van der Waals surface area contributed by atoms with Crippen molar-refractivity contribution in [2.24, 2.45) is 11.3 Å². The van der Waals surface area contributed by atoms with E-state index in [2.05, 4.69) is 15.7 Å². The highest BCUT2D eigenvalue weighted by Gasteiger charge is 2.57. The van der Waals surface area contributed by atoms with Gasteiger partial charge < -0.3 is 10.6 Å². The molecule has 1 aliphatic heterocycles. The largest absolute Gasteiger partial charge is 0.326 e. The van der Waals surface area contributed by atoms with E-state index in [-0.39, 0.29) is 29.6 Å². The molecule has 1 aliphatic carbocycles. The first kappa shape index (κ1) is 18.9. The standard InChI is InChI=1S/C19H23FN4O.ClH/c1-12-9-13(2)24(23-12)17-4-3-14(10-16(17)20)22-18(25)15-11-19(15)5-7-21-8-6-19;/h3-4,9-10,15,21H,5-8,11H2,1-2H3,(H,22,25);1H. The quantitative estimate of drug-likeness (QED) is 0.860. The Kier molecular flexibility index (Phi) is 5.08. The number of carbonyl (C=O) groups is 1. The number of aromatic nitrogens is 2. The van der Waals surface area contributed by atoms with Crippen LogP contribution in [0.25, 0.3) is 5.69 Å². The van der Waals surface area contributed by atoms with Crippen LogP contribution in [0.3, 0.4) is 0 Å². The maximum Gasteiger partial charge on any atom is 0.228 e. The number of halogens is 2. The first-order valence-electron chi connectivity index (χ1n) is 8.83. The fourth-order valence-electron chi connectivity index (χ4n) is 4.05. The van der Waals surface area contributed by atoms with Crippen molar-refractivity contribution in [1.82, 2.24) is 15.1 Å². The molecule has 1 aromatic heterocycles. The smallest absolute Gasteiger partial charge is 0.228 e. The van der Waals surface area contributed by atoms with Crippen molar-refractivity contribution >= 4 is 24.0 Å². The average Bonchev–Trinajstić information content (AvgIpc) is 3.16. The Bertz CT molecular complexity index is 829. The van der Waals surface area contributed by atoms with Gasteiger partial charge in [-0.1, -0.05) is 0 Å². The van der Waals surface area contributed by atoms with Crippen molar-refractivity contribution in [2.45, 2.75) is 33.1 Å². The second-order valence-electron chi connectivity index (χ2n) is 7.36. The van der Waals surface area contributed by atoms with Gasteiger partial charge in [0.1, 0.15) is 5.69 Å².